The van der Waals surface area contributed by atoms with Crippen molar-refractivity contribution in [2.75, 3.05) is 13.6 Å². The lowest BCUT2D eigenvalue weighted by molar-refractivity contribution is 0.288. The molecule has 0 aliphatic rings. The van der Waals surface area contributed by atoms with Gasteiger partial charge in [0.15, 0.2) is 0 Å². The smallest absolute Gasteiger partial charge is 0.423 e. The Kier molecular flexibility index (Phi) is 4.99. The van der Waals surface area contributed by atoms with Crippen LogP contribution in [0.4, 0.5) is 0 Å². The van der Waals surface area contributed by atoms with Crippen LogP contribution in [0.5, 0.6) is 0 Å². The minimum Gasteiger partial charge on any atom is -0.423 e. The molecule has 1 rings (SSSR count). The first-order valence-corrected chi connectivity index (χ1v) is 5.62. The summed E-state index contributed by atoms with van der Waals surface area (Å²) in [5.74, 6) is 0.656. The predicted molar refractivity (Wildman–Crippen MR) is 67.4 cm³/mol. The molecule has 0 heterocycles. The molecule has 2 N–H and O–H groups in total. The largest absolute Gasteiger partial charge is 0.488 e. The van der Waals surface area contributed by atoms with Gasteiger partial charge in [-0.2, -0.15) is 0 Å². The number of nitrogens with zero attached hydrogens (tertiary/aromatic N) is 1. The van der Waals surface area contributed by atoms with Crippen LogP contribution >= 0.6 is 0 Å². The lowest BCUT2D eigenvalue weighted by atomic mass is 9.80. The Balaban J connectivity index is 2.55. The van der Waals surface area contributed by atoms with Gasteiger partial charge in [-0.3, -0.25) is 0 Å². The lowest BCUT2D eigenvalue weighted by Crippen LogP contribution is -2.29. The monoisotopic (exact) mass is 221 g/mol. The molecule has 0 bridgehead atoms. The molecule has 0 fully saturated rings. The molecule has 1 aromatic carbocycles. The molecule has 0 atom stereocenters. The van der Waals surface area contributed by atoms with E-state index < -0.39 is 7.12 Å². The summed E-state index contributed by atoms with van der Waals surface area (Å²) in [4.78, 5) is 2.26. The number of rotatable bonds is 5. The zero-order valence-electron chi connectivity index (χ0n) is 10.2. The van der Waals surface area contributed by atoms with Crippen molar-refractivity contribution >= 4 is 12.6 Å². The van der Waals surface area contributed by atoms with Crippen molar-refractivity contribution in [3.8, 4) is 0 Å². The summed E-state index contributed by atoms with van der Waals surface area (Å²) in [7, 11) is 0.719. The van der Waals surface area contributed by atoms with E-state index in [0.29, 0.717) is 11.4 Å². The van der Waals surface area contributed by atoms with Crippen molar-refractivity contribution in [2.45, 2.75) is 20.4 Å². The second-order valence-corrected chi connectivity index (χ2v) is 4.71. The Morgan fingerprint density at radius 1 is 1.19 bits per heavy atom. The Morgan fingerprint density at radius 3 is 2.19 bits per heavy atom. The summed E-state index contributed by atoms with van der Waals surface area (Å²) >= 11 is 0. The molecule has 0 saturated carbocycles. The third-order valence-corrected chi connectivity index (χ3v) is 2.41. The van der Waals surface area contributed by atoms with Gasteiger partial charge in [0, 0.05) is 13.1 Å². The zero-order chi connectivity index (χ0) is 12.1. The van der Waals surface area contributed by atoms with Gasteiger partial charge in [0.25, 0.3) is 0 Å². The fraction of sp³-hybridized carbons (Fsp3) is 0.500. The highest BCUT2D eigenvalue weighted by Crippen LogP contribution is 2.04. The van der Waals surface area contributed by atoms with Crippen molar-refractivity contribution in [1.29, 1.82) is 0 Å². The van der Waals surface area contributed by atoms with Gasteiger partial charge in [-0.15, -0.1) is 0 Å². The number of hydrogen-bond acceptors (Lipinski definition) is 3. The van der Waals surface area contributed by atoms with Crippen LogP contribution in [0.3, 0.4) is 0 Å². The maximum atomic E-state index is 8.96. The second kappa shape index (κ2) is 6.04. The summed E-state index contributed by atoms with van der Waals surface area (Å²) in [6.45, 7) is 6.34. The minimum atomic E-state index is -1.37. The van der Waals surface area contributed by atoms with Gasteiger partial charge < -0.3 is 14.9 Å². The first kappa shape index (κ1) is 13.2. The van der Waals surface area contributed by atoms with Crippen LogP contribution in [0, 0.1) is 5.92 Å². The van der Waals surface area contributed by atoms with Crippen molar-refractivity contribution in [3.05, 3.63) is 29.8 Å². The zero-order valence-corrected chi connectivity index (χ0v) is 10.2. The van der Waals surface area contributed by atoms with Gasteiger partial charge in [-0.1, -0.05) is 38.1 Å². The molecular weight excluding hydrogens is 201 g/mol. The molecule has 0 unspecified atom stereocenters. The first-order chi connectivity index (χ1) is 7.49. The van der Waals surface area contributed by atoms with Crippen LogP contribution in [-0.2, 0) is 6.54 Å². The highest BCUT2D eigenvalue weighted by atomic mass is 16.4. The maximum absolute atomic E-state index is 8.96. The third kappa shape index (κ3) is 4.35. The SMILES string of the molecule is CC(C)CN(C)Cc1ccc(B(O)O)cc1. The van der Waals surface area contributed by atoms with E-state index in [1.807, 2.05) is 12.1 Å². The van der Waals surface area contributed by atoms with E-state index in [2.05, 4.69) is 25.8 Å². The molecular formula is C12H20BNO2. The molecule has 1 aromatic rings. The van der Waals surface area contributed by atoms with E-state index >= 15 is 0 Å². The lowest BCUT2D eigenvalue weighted by Gasteiger charge is -2.19. The summed E-state index contributed by atoms with van der Waals surface area (Å²) in [5.41, 5.74) is 1.72. The highest BCUT2D eigenvalue weighted by molar-refractivity contribution is 6.58. The first-order valence-electron chi connectivity index (χ1n) is 5.62. The molecule has 88 valence electrons. The Labute approximate surface area is 97.9 Å². The summed E-state index contributed by atoms with van der Waals surface area (Å²) < 4.78 is 0. The standard InChI is InChI=1S/C12H20BNO2/c1-10(2)8-14(3)9-11-4-6-12(7-5-11)13(15)16/h4-7,10,15-16H,8-9H2,1-3H3. The van der Waals surface area contributed by atoms with Gasteiger partial charge in [-0.05, 0) is 24.0 Å². The third-order valence-electron chi connectivity index (χ3n) is 2.41. The van der Waals surface area contributed by atoms with Crippen LogP contribution in [0.25, 0.3) is 0 Å². The Bertz CT molecular complexity index is 311. The topological polar surface area (TPSA) is 43.7 Å². The molecule has 0 saturated heterocycles. The maximum Gasteiger partial charge on any atom is 0.488 e. The summed E-state index contributed by atoms with van der Waals surface area (Å²) in [6.07, 6.45) is 0. The van der Waals surface area contributed by atoms with E-state index in [-0.39, 0.29) is 0 Å². The van der Waals surface area contributed by atoms with Gasteiger partial charge in [0.05, 0.1) is 0 Å². The van der Waals surface area contributed by atoms with Crippen molar-refractivity contribution in [2.24, 2.45) is 5.92 Å². The molecule has 0 aliphatic carbocycles. The van der Waals surface area contributed by atoms with Gasteiger partial charge >= 0.3 is 7.12 Å². The van der Waals surface area contributed by atoms with Crippen LogP contribution in [0.2, 0.25) is 0 Å². The predicted octanol–water partition coefficient (Wildman–Crippen LogP) is 0.454. The van der Waals surface area contributed by atoms with Gasteiger partial charge in [0.2, 0.25) is 0 Å². The molecule has 0 spiro atoms. The van der Waals surface area contributed by atoms with E-state index in [1.54, 1.807) is 12.1 Å². The van der Waals surface area contributed by atoms with Crippen LogP contribution in [0.15, 0.2) is 24.3 Å². The summed E-state index contributed by atoms with van der Waals surface area (Å²) in [5, 5.41) is 17.9. The van der Waals surface area contributed by atoms with Gasteiger partial charge in [0.1, 0.15) is 0 Å². The average molecular weight is 221 g/mol. The van der Waals surface area contributed by atoms with Crippen LogP contribution in [0.1, 0.15) is 19.4 Å². The Morgan fingerprint density at radius 2 is 1.75 bits per heavy atom. The molecule has 0 radical (unpaired) electrons. The van der Waals surface area contributed by atoms with Crippen molar-refractivity contribution in [3.63, 3.8) is 0 Å². The fourth-order valence-corrected chi connectivity index (χ4v) is 1.79. The van der Waals surface area contributed by atoms with E-state index in [0.717, 1.165) is 13.1 Å². The minimum absolute atomic E-state index is 0.537. The number of benzene rings is 1. The van der Waals surface area contributed by atoms with Crippen LogP contribution in [-0.4, -0.2) is 35.7 Å². The second-order valence-electron chi connectivity index (χ2n) is 4.71. The van der Waals surface area contributed by atoms with Crippen molar-refractivity contribution < 1.29 is 10.0 Å². The quantitative estimate of drug-likeness (QED) is 0.709. The van der Waals surface area contributed by atoms with E-state index in [9.17, 15) is 0 Å². The summed E-state index contributed by atoms with van der Waals surface area (Å²) in [6, 6.07) is 7.38. The van der Waals surface area contributed by atoms with E-state index in [1.165, 1.54) is 5.56 Å². The van der Waals surface area contributed by atoms with E-state index in [4.69, 9.17) is 10.0 Å². The van der Waals surface area contributed by atoms with Gasteiger partial charge in [-0.25, -0.2) is 0 Å². The van der Waals surface area contributed by atoms with Crippen LogP contribution < -0.4 is 5.46 Å². The Hall–Kier alpha value is -0.835. The normalized spacial score (nSPS) is 11.2. The molecule has 16 heavy (non-hydrogen) atoms. The molecule has 0 aromatic heterocycles. The number of hydrogen-bond donors (Lipinski definition) is 2. The van der Waals surface area contributed by atoms with Crippen molar-refractivity contribution in [1.82, 2.24) is 4.90 Å². The molecule has 0 aliphatic heterocycles. The molecule has 4 heteroatoms. The molecule has 3 nitrogen and oxygen atoms in total. The highest BCUT2D eigenvalue weighted by Gasteiger charge is 2.10. The average Bonchev–Trinajstić information content (AvgIpc) is 2.16. The molecule has 0 amide bonds. The fourth-order valence-electron chi connectivity index (χ4n) is 1.79.